The molecule has 1 aliphatic rings. The molecule has 0 atom stereocenters. The van der Waals surface area contributed by atoms with Crippen LogP contribution in [0.1, 0.15) is 36.2 Å². The highest BCUT2D eigenvalue weighted by atomic mass is 79.9. The number of nitrogens with one attached hydrogen (secondary N) is 1. The molecule has 1 fully saturated rings. The van der Waals surface area contributed by atoms with E-state index in [2.05, 4.69) is 20.9 Å². The molecule has 1 aliphatic carbocycles. The van der Waals surface area contributed by atoms with Crippen LogP contribution in [0.25, 0.3) is 0 Å². The van der Waals surface area contributed by atoms with Crippen molar-refractivity contribution in [2.75, 3.05) is 13.2 Å². The summed E-state index contributed by atoms with van der Waals surface area (Å²) in [5, 5.41) is 8.89. The molecule has 1 heterocycles. The molecule has 0 unspecified atom stereocenters. The van der Waals surface area contributed by atoms with Crippen molar-refractivity contribution < 1.29 is 9.90 Å². The average Bonchev–Trinajstić information content (AvgIpc) is 2.67. The normalized spacial score (nSPS) is 15.6. The first-order valence-electron chi connectivity index (χ1n) is 5.98. The lowest BCUT2D eigenvalue weighted by Crippen LogP contribution is -2.45. The predicted octanol–water partition coefficient (Wildman–Crippen LogP) is 2.15. The van der Waals surface area contributed by atoms with Crippen LogP contribution in [0.4, 0.5) is 0 Å². The molecule has 2 rings (SSSR count). The lowest BCUT2D eigenvalue weighted by molar-refractivity contribution is 0.0557. The molecule has 1 saturated carbocycles. The smallest absolute Gasteiger partial charge is 0.270 e. The zero-order chi connectivity index (χ0) is 12.3. The summed E-state index contributed by atoms with van der Waals surface area (Å²) in [4.78, 5) is 17.1. The van der Waals surface area contributed by atoms with E-state index in [0.29, 0.717) is 24.7 Å². The molecule has 94 valence electrons. The van der Waals surface area contributed by atoms with Crippen molar-refractivity contribution in [3.05, 3.63) is 22.4 Å². The fourth-order valence-corrected chi connectivity index (χ4v) is 2.38. The van der Waals surface area contributed by atoms with Crippen LogP contribution < -0.4 is 0 Å². The first-order chi connectivity index (χ1) is 8.22. The van der Waals surface area contributed by atoms with Crippen molar-refractivity contribution in [3.8, 4) is 0 Å². The van der Waals surface area contributed by atoms with E-state index in [0.717, 1.165) is 17.3 Å². The number of H-pyrrole nitrogens is 1. The van der Waals surface area contributed by atoms with E-state index in [1.165, 1.54) is 6.42 Å². The Labute approximate surface area is 109 Å². The topological polar surface area (TPSA) is 56.3 Å². The first kappa shape index (κ1) is 12.6. The minimum Gasteiger partial charge on any atom is -0.396 e. The number of carbonyl (C=O) groups is 1. The minimum atomic E-state index is 0.0360. The van der Waals surface area contributed by atoms with E-state index in [1.807, 2.05) is 4.90 Å². The number of aliphatic hydroxyl groups is 1. The fourth-order valence-electron chi connectivity index (χ4n) is 2.04. The number of aromatic nitrogens is 1. The third kappa shape index (κ3) is 2.90. The number of aromatic amines is 1. The number of hydrogen-bond donors (Lipinski definition) is 2. The summed E-state index contributed by atoms with van der Waals surface area (Å²) >= 11 is 3.33. The van der Waals surface area contributed by atoms with Gasteiger partial charge in [-0.05, 0) is 47.7 Å². The second-order valence-corrected chi connectivity index (χ2v) is 5.31. The molecule has 4 nitrogen and oxygen atoms in total. The van der Waals surface area contributed by atoms with Crippen LogP contribution in [-0.2, 0) is 0 Å². The molecule has 1 amide bonds. The third-order valence-corrected chi connectivity index (χ3v) is 3.67. The van der Waals surface area contributed by atoms with Crippen LogP contribution in [0.2, 0.25) is 0 Å². The Morgan fingerprint density at radius 3 is 2.82 bits per heavy atom. The number of nitrogens with zero attached hydrogens (tertiary/aromatic N) is 1. The van der Waals surface area contributed by atoms with Gasteiger partial charge in [0.05, 0.1) is 0 Å². The second kappa shape index (κ2) is 5.69. The highest BCUT2D eigenvalue weighted by Gasteiger charge is 2.29. The number of amides is 1. The van der Waals surface area contributed by atoms with E-state index in [4.69, 9.17) is 5.11 Å². The van der Waals surface area contributed by atoms with Gasteiger partial charge in [0.2, 0.25) is 0 Å². The maximum atomic E-state index is 12.3. The molecule has 0 radical (unpaired) electrons. The molecular weight excluding hydrogens is 284 g/mol. The highest BCUT2D eigenvalue weighted by Crippen LogP contribution is 2.26. The van der Waals surface area contributed by atoms with Gasteiger partial charge in [0, 0.05) is 29.9 Å². The van der Waals surface area contributed by atoms with Crippen molar-refractivity contribution >= 4 is 21.8 Å². The molecule has 5 heteroatoms. The summed E-state index contributed by atoms with van der Waals surface area (Å²) < 4.78 is 0.886. The Bertz CT molecular complexity index is 388. The van der Waals surface area contributed by atoms with Crippen LogP contribution >= 0.6 is 15.9 Å². The first-order valence-corrected chi connectivity index (χ1v) is 6.77. The largest absolute Gasteiger partial charge is 0.396 e. The summed E-state index contributed by atoms with van der Waals surface area (Å²) in [7, 11) is 0. The van der Waals surface area contributed by atoms with Gasteiger partial charge in [0.15, 0.2) is 0 Å². The van der Waals surface area contributed by atoms with Crippen molar-refractivity contribution in [1.29, 1.82) is 0 Å². The van der Waals surface area contributed by atoms with E-state index >= 15 is 0 Å². The van der Waals surface area contributed by atoms with Crippen LogP contribution in [0.5, 0.6) is 0 Å². The molecule has 0 aromatic carbocycles. The minimum absolute atomic E-state index is 0.0360. The van der Waals surface area contributed by atoms with Gasteiger partial charge in [-0.25, -0.2) is 0 Å². The molecule has 1 aromatic heterocycles. The third-order valence-electron chi connectivity index (χ3n) is 3.21. The Hall–Kier alpha value is -0.810. The average molecular weight is 301 g/mol. The van der Waals surface area contributed by atoms with Crippen LogP contribution in [0, 0.1) is 0 Å². The van der Waals surface area contributed by atoms with Gasteiger partial charge < -0.3 is 15.0 Å². The lowest BCUT2D eigenvalue weighted by Gasteiger charge is -2.37. The van der Waals surface area contributed by atoms with E-state index in [-0.39, 0.29) is 12.5 Å². The maximum absolute atomic E-state index is 12.3. The van der Waals surface area contributed by atoms with Gasteiger partial charge in [0.1, 0.15) is 5.69 Å². The number of hydrogen-bond acceptors (Lipinski definition) is 2. The standard InChI is InChI=1S/C12H17BrN2O2/c13-9-7-11(14-8-9)12(17)15(5-2-6-16)10-3-1-4-10/h7-8,10,14,16H,1-6H2. The van der Waals surface area contributed by atoms with Gasteiger partial charge in [-0.1, -0.05) is 0 Å². The highest BCUT2D eigenvalue weighted by molar-refractivity contribution is 9.10. The Balaban J connectivity index is 2.06. The Morgan fingerprint density at radius 1 is 1.59 bits per heavy atom. The summed E-state index contributed by atoms with van der Waals surface area (Å²) in [6, 6.07) is 2.16. The molecule has 17 heavy (non-hydrogen) atoms. The van der Waals surface area contributed by atoms with Crippen LogP contribution in [-0.4, -0.2) is 40.1 Å². The molecular formula is C12H17BrN2O2. The second-order valence-electron chi connectivity index (χ2n) is 4.39. The van der Waals surface area contributed by atoms with Crippen molar-refractivity contribution in [2.24, 2.45) is 0 Å². The van der Waals surface area contributed by atoms with Crippen molar-refractivity contribution in [2.45, 2.75) is 31.7 Å². The Morgan fingerprint density at radius 2 is 2.35 bits per heavy atom. The lowest BCUT2D eigenvalue weighted by atomic mass is 9.91. The van der Waals surface area contributed by atoms with Gasteiger partial charge in [-0.3, -0.25) is 4.79 Å². The molecule has 1 aromatic rings. The summed E-state index contributed by atoms with van der Waals surface area (Å²) in [5.41, 5.74) is 0.613. The fraction of sp³-hybridized carbons (Fsp3) is 0.583. The summed E-state index contributed by atoms with van der Waals surface area (Å²) in [5.74, 6) is 0.0360. The van der Waals surface area contributed by atoms with Crippen molar-refractivity contribution in [3.63, 3.8) is 0 Å². The zero-order valence-corrected chi connectivity index (χ0v) is 11.2. The number of rotatable bonds is 5. The molecule has 2 N–H and O–H groups in total. The van der Waals surface area contributed by atoms with Crippen LogP contribution in [0.3, 0.4) is 0 Å². The van der Waals surface area contributed by atoms with Gasteiger partial charge >= 0.3 is 0 Å². The van der Waals surface area contributed by atoms with E-state index in [1.54, 1.807) is 12.3 Å². The Kier molecular flexibility index (Phi) is 4.23. The molecule has 0 spiro atoms. The molecule has 0 saturated heterocycles. The van der Waals surface area contributed by atoms with E-state index in [9.17, 15) is 4.79 Å². The van der Waals surface area contributed by atoms with Crippen LogP contribution in [0.15, 0.2) is 16.7 Å². The number of carbonyl (C=O) groups excluding carboxylic acids is 1. The van der Waals surface area contributed by atoms with Gasteiger partial charge in [-0.2, -0.15) is 0 Å². The SMILES string of the molecule is O=C(c1cc(Br)c[nH]1)N(CCCO)C1CCC1. The maximum Gasteiger partial charge on any atom is 0.270 e. The number of halogens is 1. The quantitative estimate of drug-likeness (QED) is 0.875. The summed E-state index contributed by atoms with van der Waals surface area (Å²) in [6.07, 6.45) is 5.77. The predicted molar refractivity (Wildman–Crippen MR) is 68.9 cm³/mol. The zero-order valence-electron chi connectivity index (χ0n) is 9.66. The monoisotopic (exact) mass is 300 g/mol. The molecule has 0 bridgehead atoms. The molecule has 0 aliphatic heterocycles. The summed E-state index contributed by atoms with van der Waals surface area (Å²) in [6.45, 7) is 0.765. The number of aliphatic hydroxyl groups excluding tert-OH is 1. The van der Waals surface area contributed by atoms with Crippen molar-refractivity contribution in [1.82, 2.24) is 9.88 Å². The van der Waals surface area contributed by atoms with Gasteiger partial charge in [0.25, 0.3) is 5.91 Å². The van der Waals surface area contributed by atoms with E-state index < -0.39 is 0 Å². The van der Waals surface area contributed by atoms with Gasteiger partial charge in [-0.15, -0.1) is 0 Å².